The molecule has 4 heteroatoms. The molecule has 0 aromatic heterocycles. The Morgan fingerprint density at radius 3 is 1.50 bits per heavy atom. The normalized spacial score (nSPS) is 11.0. The number of hydrogen-bond acceptors (Lipinski definition) is 4. The molecule has 0 fully saturated rings. The Morgan fingerprint density at radius 1 is 0.656 bits per heavy atom. The van der Waals surface area contributed by atoms with Crippen LogP contribution in [0.1, 0.15) is 124 Å². The first-order valence-corrected chi connectivity index (χ1v) is 13.0. The van der Waals surface area contributed by atoms with Gasteiger partial charge >= 0.3 is 11.9 Å². The molecule has 0 bridgehead atoms. The van der Waals surface area contributed by atoms with Crippen molar-refractivity contribution in [2.24, 2.45) is 5.92 Å². The van der Waals surface area contributed by atoms with Crippen molar-refractivity contribution in [1.82, 2.24) is 0 Å². The largest absolute Gasteiger partial charge is 0.423 e. The lowest BCUT2D eigenvalue weighted by molar-refractivity contribution is -0.137. The zero-order valence-electron chi connectivity index (χ0n) is 20.8. The zero-order valence-corrected chi connectivity index (χ0v) is 20.8. The first kappa shape index (κ1) is 28.2. The molecule has 0 N–H and O–H groups in total. The summed E-state index contributed by atoms with van der Waals surface area (Å²) < 4.78 is 11.0. The second-order valence-corrected chi connectivity index (χ2v) is 9.32. The van der Waals surface area contributed by atoms with Crippen molar-refractivity contribution < 1.29 is 19.1 Å². The Morgan fingerprint density at radius 2 is 1.06 bits per heavy atom. The Labute approximate surface area is 196 Å². The van der Waals surface area contributed by atoms with Gasteiger partial charge < -0.3 is 9.47 Å². The fraction of sp³-hybridized carbons (Fsp3) is 0.714. The third-order valence-electron chi connectivity index (χ3n) is 5.69. The molecule has 0 amide bonds. The Bertz CT molecular complexity index is 624. The third-order valence-corrected chi connectivity index (χ3v) is 5.69. The summed E-state index contributed by atoms with van der Waals surface area (Å²) in [6, 6.07) is 6.94. The fourth-order valence-corrected chi connectivity index (χ4v) is 3.72. The number of rotatable bonds is 19. The lowest BCUT2D eigenvalue weighted by Crippen LogP contribution is -2.12. The first-order valence-electron chi connectivity index (χ1n) is 13.0. The van der Waals surface area contributed by atoms with E-state index in [0.717, 1.165) is 38.0 Å². The lowest BCUT2D eigenvalue weighted by atomic mass is 10.0. The van der Waals surface area contributed by atoms with E-state index in [1.807, 2.05) is 0 Å². The molecule has 1 rings (SSSR count). The lowest BCUT2D eigenvalue weighted by Gasteiger charge is -2.10. The highest BCUT2D eigenvalue weighted by Gasteiger charge is 2.13. The third kappa shape index (κ3) is 15.0. The summed E-state index contributed by atoms with van der Waals surface area (Å²) in [4.78, 5) is 24.4. The number of carbonyl (C=O) groups excluding carboxylic acids is 2. The molecule has 0 aliphatic rings. The van der Waals surface area contributed by atoms with Gasteiger partial charge in [-0.1, -0.05) is 110 Å². The number of benzene rings is 1. The zero-order chi connectivity index (χ0) is 23.4. The number of carbonyl (C=O) groups is 2. The van der Waals surface area contributed by atoms with Gasteiger partial charge in [0, 0.05) is 12.8 Å². The minimum Gasteiger partial charge on any atom is -0.423 e. The quantitative estimate of drug-likeness (QED) is 0.122. The molecule has 0 unspecified atom stereocenters. The molecule has 0 aliphatic heterocycles. The van der Waals surface area contributed by atoms with Gasteiger partial charge in [0.1, 0.15) is 0 Å². The van der Waals surface area contributed by atoms with Crippen LogP contribution in [0.2, 0.25) is 0 Å². The molecule has 1 aromatic carbocycles. The van der Waals surface area contributed by atoms with Crippen LogP contribution in [0.5, 0.6) is 11.5 Å². The monoisotopic (exact) mass is 446 g/mol. The van der Waals surface area contributed by atoms with E-state index in [1.54, 1.807) is 24.3 Å². The summed E-state index contributed by atoms with van der Waals surface area (Å²) in [5.41, 5.74) is 0. The van der Waals surface area contributed by atoms with Gasteiger partial charge in [0.2, 0.25) is 0 Å². The molecule has 0 atom stereocenters. The molecule has 0 radical (unpaired) electrons. The van der Waals surface area contributed by atoms with Crippen LogP contribution < -0.4 is 9.47 Å². The average molecular weight is 447 g/mol. The summed E-state index contributed by atoms with van der Waals surface area (Å²) in [5, 5.41) is 0. The van der Waals surface area contributed by atoms with E-state index in [0.29, 0.717) is 24.3 Å². The van der Waals surface area contributed by atoms with Crippen LogP contribution in [-0.4, -0.2) is 11.9 Å². The molecule has 0 aliphatic carbocycles. The molecular weight excluding hydrogens is 400 g/mol. The minimum atomic E-state index is -0.264. The van der Waals surface area contributed by atoms with Crippen LogP contribution in [0.15, 0.2) is 24.3 Å². The summed E-state index contributed by atoms with van der Waals surface area (Å²) in [6.07, 6.45) is 17.1. The highest BCUT2D eigenvalue weighted by Crippen LogP contribution is 2.27. The van der Waals surface area contributed by atoms with Crippen molar-refractivity contribution in [3.8, 4) is 11.5 Å². The number of hydrogen-bond donors (Lipinski definition) is 0. The van der Waals surface area contributed by atoms with Crippen molar-refractivity contribution >= 4 is 11.9 Å². The van der Waals surface area contributed by atoms with Gasteiger partial charge in [0.25, 0.3) is 0 Å². The maximum Gasteiger partial charge on any atom is 0.311 e. The molecule has 4 nitrogen and oxygen atoms in total. The molecule has 32 heavy (non-hydrogen) atoms. The SMILES string of the molecule is CCCCCCCCCC(=O)Oc1ccccc1OC(=O)CCCCCCCCC(C)C. The van der Waals surface area contributed by atoms with E-state index < -0.39 is 0 Å². The molecule has 0 heterocycles. The van der Waals surface area contributed by atoms with Crippen molar-refractivity contribution in [1.29, 1.82) is 0 Å². The topological polar surface area (TPSA) is 52.6 Å². The second-order valence-electron chi connectivity index (χ2n) is 9.32. The number of esters is 2. The Balaban J connectivity index is 2.23. The Hall–Kier alpha value is -1.84. The summed E-state index contributed by atoms with van der Waals surface area (Å²) in [6.45, 7) is 6.74. The van der Waals surface area contributed by atoms with E-state index in [9.17, 15) is 9.59 Å². The predicted octanol–water partition coefficient (Wildman–Crippen LogP) is 8.41. The number of ether oxygens (including phenoxy) is 2. The highest BCUT2D eigenvalue weighted by molar-refractivity contribution is 5.76. The van der Waals surface area contributed by atoms with Gasteiger partial charge in [0.05, 0.1) is 0 Å². The van der Waals surface area contributed by atoms with Gasteiger partial charge in [0.15, 0.2) is 11.5 Å². The van der Waals surface area contributed by atoms with Crippen molar-refractivity contribution in [3.05, 3.63) is 24.3 Å². The summed E-state index contributed by atoms with van der Waals surface area (Å²) >= 11 is 0. The summed E-state index contributed by atoms with van der Waals surface area (Å²) in [5.74, 6) is 0.921. The molecule has 0 saturated heterocycles. The van der Waals surface area contributed by atoms with Gasteiger partial charge in [-0.15, -0.1) is 0 Å². The Kier molecular flexibility index (Phi) is 16.5. The van der Waals surface area contributed by atoms with E-state index in [4.69, 9.17) is 9.47 Å². The van der Waals surface area contributed by atoms with Crippen molar-refractivity contribution in [2.75, 3.05) is 0 Å². The molecule has 182 valence electrons. The smallest absolute Gasteiger partial charge is 0.311 e. The standard InChI is InChI=1S/C28H46O4/c1-4-5-6-7-8-12-15-22-27(29)31-25-20-17-18-21-26(25)32-28(30)23-16-13-10-9-11-14-19-24(2)3/h17-18,20-21,24H,4-16,19,22-23H2,1-3H3. The van der Waals surface area contributed by atoms with E-state index in [1.165, 1.54) is 57.8 Å². The summed E-state index contributed by atoms with van der Waals surface area (Å²) in [7, 11) is 0. The molecule has 0 spiro atoms. The molecule has 1 aromatic rings. The van der Waals surface area contributed by atoms with Crippen LogP contribution in [0, 0.1) is 5.92 Å². The van der Waals surface area contributed by atoms with Crippen LogP contribution in [0.25, 0.3) is 0 Å². The molecule has 0 saturated carbocycles. The van der Waals surface area contributed by atoms with Gasteiger partial charge in [-0.05, 0) is 30.9 Å². The minimum absolute atomic E-state index is 0.264. The second kappa shape index (κ2) is 18.7. The van der Waals surface area contributed by atoms with Crippen molar-refractivity contribution in [3.63, 3.8) is 0 Å². The average Bonchev–Trinajstić information content (AvgIpc) is 2.76. The number of para-hydroxylation sites is 2. The van der Waals surface area contributed by atoms with Gasteiger partial charge in [-0.2, -0.15) is 0 Å². The maximum absolute atomic E-state index is 12.2. The van der Waals surface area contributed by atoms with Gasteiger partial charge in [-0.3, -0.25) is 9.59 Å². The fourth-order valence-electron chi connectivity index (χ4n) is 3.72. The van der Waals surface area contributed by atoms with E-state index in [-0.39, 0.29) is 11.9 Å². The van der Waals surface area contributed by atoms with Crippen LogP contribution >= 0.6 is 0 Å². The van der Waals surface area contributed by atoms with Crippen LogP contribution in [-0.2, 0) is 9.59 Å². The van der Waals surface area contributed by atoms with Crippen LogP contribution in [0.4, 0.5) is 0 Å². The van der Waals surface area contributed by atoms with E-state index in [2.05, 4.69) is 20.8 Å². The maximum atomic E-state index is 12.2. The van der Waals surface area contributed by atoms with Crippen LogP contribution in [0.3, 0.4) is 0 Å². The highest BCUT2D eigenvalue weighted by atomic mass is 16.6. The predicted molar refractivity (Wildman–Crippen MR) is 132 cm³/mol. The van der Waals surface area contributed by atoms with E-state index >= 15 is 0 Å². The van der Waals surface area contributed by atoms with Crippen molar-refractivity contribution in [2.45, 2.75) is 124 Å². The number of unbranched alkanes of at least 4 members (excludes halogenated alkanes) is 11. The molecular formula is C28H46O4. The van der Waals surface area contributed by atoms with Gasteiger partial charge in [-0.25, -0.2) is 0 Å². The first-order chi connectivity index (χ1) is 15.5.